The minimum atomic E-state index is -4.42. The number of nitrogens with one attached hydrogen (secondary N) is 1. The van der Waals surface area contributed by atoms with Crippen molar-refractivity contribution in [1.29, 1.82) is 0 Å². The third kappa shape index (κ3) is 4.59. The molecule has 14 heteroatoms. The van der Waals surface area contributed by atoms with Crippen LogP contribution in [0.4, 0.5) is 18.9 Å². The fraction of sp³-hybridized carbons (Fsp3) is 0.433. The lowest BCUT2D eigenvalue weighted by molar-refractivity contribution is -0.148. The predicted molar refractivity (Wildman–Crippen MR) is 153 cm³/mol. The molecular weight excluding hydrogens is 585 g/mol. The van der Waals surface area contributed by atoms with Gasteiger partial charge in [-0.15, -0.1) is 0 Å². The van der Waals surface area contributed by atoms with Crippen molar-refractivity contribution >= 4 is 33.9 Å². The highest BCUT2D eigenvalue weighted by molar-refractivity contribution is 6.25. The zero-order valence-electron chi connectivity index (χ0n) is 24.4. The zero-order valence-corrected chi connectivity index (χ0v) is 24.4. The van der Waals surface area contributed by atoms with E-state index >= 15 is 0 Å². The molecule has 11 nitrogen and oxygen atoms in total. The van der Waals surface area contributed by atoms with E-state index in [1.807, 2.05) is 0 Å². The number of likely N-dealkylation sites (N-methyl/N-ethyl adjacent to an activating group) is 1. The molecule has 0 spiro atoms. The average molecular weight is 619 g/mol. The van der Waals surface area contributed by atoms with Crippen LogP contribution >= 0.6 is 0 Å². The van der Waals surface area contributed by atoms with Crippen molar-refractivity contribution in [3.05, 3.63) is 57.6 Å². The van der Waals surface area contributed by atoms with Gasteiger partial charge in [-0.05, 0) is 50.0 Å². The SMILES string of the molecule is CN(C)c1c2c(c(O)c3cc(CNCC(F)(F)F)ccc13)C(=O)C1=C(O)[C@]3(O)C(=O)C(C(N)=O)=C(O)[C@@H](N(C)C)[C@@H]3C[C@@H]1C2. The highest BCUT2D eigenvalue weighted by Crippen LogP contribution is 2.54. The molecule has 0 aliphatic heterocycles. The Hall–Kier alpha value is -4.14. The number of aliphatic hydroxyl groups is 3. The first-order chi connectivity index (χ1) is 20.4. The first kappa shape index (κ1) is 31.3. The molecule has 2 aromatic carbocycles. The first-order valence-electron chi connectivity index (χ1n) is 13.8. The van der Waals surface area contributed by atoms with Crippen molar-refractivity contribution in [1.82, 2.24) is 10.2 Å². The number of amides is 1. The van der Waals surface area contributed by atoms with E-state index in [-0.39, 0.29) is 35.9 Å². The van der Waals surface area contributed by atoms with Crippen LogP contribution in [0.2, 0.25) is 0 Å². The number of fused-ring (bicyclic) bond motifs is 4. The lowest BCUT2D eigenvalue weighted by Gasteiger charge is -2.50. The minimum Gasteiger partial charge on any atom is -0.510 e. The normalized spacial score (nSPS) is 25.3. The Morgan fingerprint density at radius 2 is 1.77 bits per heavy atom. The van der Waals surface area contributed by atoms with E-state index in [9.17, 15) is 48.0 Å². The average Bonchev–Trinajstić information content (AvgIpc) is 2.89. The molecule has 3 aliphatic rings. The van der Waals surface area contributed by atoms with Crippen LogP contribution in [0, 0.1) is 11.8 Å². The third-order valence-corrected chi connectivity index (χ3v) is 8.84. The predicted octanol–water partition coefficient (Wildman–Crippen LogP) is 1.99. The van der Waals surface area contributed by atoms with Crippen molar-refractivity contribution < 1.29 is 48.0 Å². The number of ketones is 2. The van der Waals surface area contributed by atoms with Gasteiger partial charge in [-0.3, -0.25) is 19.3 Å². The Kier molecular flexibility index (Phi) is 7.46. The summed E-state index contributed by atoms with van der Waals surface area (Å²) < 4.78 is 38.0. The van der Waals surface area contributed by atoms with E-state index in [0.29, 0.717) is 22.2 Å². The number of aromatic hydroxyl groups is 1. The van der Waals surface area contributed by atoms with E-state index in [2.05, 4.69) is 5.32 Å². The number of phenols is 1. The van der Waals surface area contributed by atoms with Gasteiger partial charge in [0.05, 0.1) is 18.2 Å². The molecule has 236 valence electrons. The van der Waals surface area contributed by atoms with Crippen LogP contribution in [-0.2, 0) is 22.6 Å². The van der Waals surface area contributed by atoms with E-state index in [1.54, 1.807) is 45.2 Å². The van der Waals surface area contributed by atoms with Crippen molar-refractivity contribution in [2.45, 2.75) is 37.2 Å². The Morgan fingerprint density at radius 1 is 1.11 bits per heavy atom. The molecule has 2 aromatic rings. The highest BCUT2D eigenvalue weighted by Gasteiger charge is 2.63. The summed E-state index contributed by atoms with van der Waals surface area (Å²) in [6.07, 6.45) is -4.38. The fourth-order valence-electron chi connectivity index (χ4n) is 7.11. The molecule has 44 heavy (non-hydrogen) atoms. The Balaban J connectivity index is 1.70. The second kappa shape index (κ2) is 10.5. The number of allylic oxidation sites excluding steroid dienone is 1. The van der Waals surface area contributed by atoms with Gasteiger partial charge in [0.15, 0.2) is 11.4 Å². The molecule has 1 amide bonds. The second-order valence-corrected chi connectivity index (χ2v) is 12.0. The molecule has 0 radical (unpaired) electrons. The maximum Gasteiger partial charge on any atom is 0.401 e. The molecule has 4 atom stereocenters. The molecule has 0 unspecified atom stereocenters. The number of Topliss-reactive ketones (excluding diaryl/α,β-unsaturated/α-hetero) is 2. The van der Waals surface area contributed by atoms with Crippen LogP contribution < -0.4 is 16.0 Å². The molecule has 0 fully saturated rings. The quantitative estimate of drug-likeness (QED) is 0.263. The van der Waals surface area contributed by atoms with Crippen molar-refractivity contribution in [2.24, 2.45) is 17.6 Å². The van der Waals surface area contributed by atoms with Crippen LogP contribution in [0.1, 0.15) is 27.9 Å². The van der Waals surface area contributed by atoms with Crippen LogP contribution in [0.15, 0.2) is 40.9 Å². The number of primary amides is 1. The summed E-state index contributed by atoms with van der Waals surface area (Å²) in [5, 5.41) is 48.7. The molecule has 7 N–H and O–H groups in total. The zero-order chi connectivity index (χ0) is 32.6. The number of carbonyl (C=O) groups excluding carboxylic acids is 3. The van der Waals surface area contributed by atoms with E-state index < -0.39 is 76.5 Å². The number of hydrogen-bond donors (Lipinski definition) is 6. The van der Waals surface area contributed by atoms with Crippen LogP contribution in [0.3, 0.4) is 0 Å². The summed E-state index contributed by atoms with van der Waals surface area (Å²) in [5.41, 5.74) is 2.66. The lowest BCUT2D eigenvalue weighted by Crippen LogP contribution is -2.63. The summed E-state index contributed by atoms with van der Waals surface area (Å²) in [7, 11) is 6.56. The number of hydrogen-bond acceptors (Lipinski definition) is 10. The van der Waals surface area contributed by atoms with Gasteiger partial charge in [0.25, 0.3) is 5.91 Å². The number of alkyl halides is 3. The summed E-state index contributed by atoms with van der Waals surface area (Å²) in [4.78, 5) is 43.0. The van der Waals surface area contributed by atoms with Gasteiger partial charge in [0, 0.05) is 48.6 Å². The Labute approximate surface area is 250 Å². The molecular formula is C30H33F3N4O7. The van der Waals surface area contributed by atoms with Gasteiger partial charge in [-0.25, -0.2) is 0 Å². The molecule has 0 saturated carbocycles. The first-order valence-corrected chi connectivity index (χ1v) is 13.8. The lowest BCUT2D eigenvalue weighted by atomic mass is 9.58. The summed E-state index contributed by atoms with van der Waals surface area (Å²) in [6.45, 7) is -1.39. The van der Waals surface area contributed by atoms with Gasteiger partial charge in [0.1, 0.15) is 22.8 Å². The molecule has 0 aromatic heterocycles. The number of benzene rings is 2. The van der Waals surface area contributed by atoms with Crippen molar-refractivity contribution in [3.63, 3.8) is 0 Å². The van der Waals surface area contributed by atoms with Gasteiger partial charge < -0.3 is 36.4 Å². The van der Waals surface area contributed by atoms with Gasteiger partial charge >= 0.3 is 6.18 Å². The number of nitrogens with zero attached hydrogens (tertiary/aromatic N) is 2. The summed E-state index contributed by atoms with van der Waals surface area (Å²) in [5.74, 6) is -7.50. The van der Waals surface area contributed by atoms with E-state index in [4.69, 9.17) is 5.73 Å². The van der Waals surface area contributed by atoms with Crippen molar-refractivity contribution in [3.8, 4) is 5.75 Å². The van der Waals surface area contributed by atoms with Gasteiger partial charge in [0.2, 0.25) is 5.78 Å². The standard InChI is InChI=1S/C30H33F3N4O7/c1-36(2)21-14-6-5-12(10-35-11-29(31,32)33)7-15(14)23(38)19-16(21)8-13-9-17-22(37(3)4)25(40)20(28(34)43)27(42)30(17,44)26(41)18(13)24(19)39/h5-7,13,17,22,35,38,40-41,44H,8-11H2,1-4H3,(H2,34,43)/t13-,17-,22-,30-/m0/s1. The summed E-state index contributed by atoms with van der Waals surface area (Å²) in [6, 6.07) is 3.63. The maximum atomic E-state index is 14.2. The molecule has 0 heterocycles. The number of phenolic OH excluding ortho intramolecular Hbond substituents is 1. The van der Waals surface area contributed by atoms with Crippen LogP contribution in [-0.4, -0.2) is 95.4 Å². The van der Waals surface area contributed by atoms with Crippen LogP contribution in [0.25, 0.3) is 10.8 Å². The largest absolute Gasteiger partial charge is 0.510 e. The number of rotatable bonds is 6. The number of aliphatic hydroxyl groups excluding tert-OH is 2. The molecule has 0 bridgehead atoms. The third-order valence-electron chi connectivity index (χ3n) is 8.84. The molecule has 0 saturated heterocycles. The van der Waals surface area contributed by atoms with E-state index in [1.165, 1.54) is 11.0 Å². The minimum absolute atomic E-state index is 0.0543. The topological polar surface area (TPSA) is 177 Å². The van der Waals surface area contributed by atoms with Crippen LogP contribution in [0.5, 0.6) is 5.75 Å². The number of anilines is 1. The van der Waals surface area contributed by atoms with Gasteiger partial charge in [-0.2, -0.15) is 13.2 Å². The van der Waals surface area contributed by atoms with Crippen molar-refractivity contribution in [2.75, 3.05) is 39.6 Å². The summed E-state index contributed by atoms with van der Waals surface area (Å²) >= 11 is 0. The number of carbonyl (C=O) groups is 3. The monoisotopic (exact) mass is 618 g/mol. The Bertz CT molecular complexity index is 1680. The maximum absolute atomic E-state index is 14.2. The smallest absolute Gasteiger partial charge is 0.401 e. The highest BCUT2D eigenvalue weighted by atomic mass is 19.4. The molecule has 3 aliphatic carbocycles. The number of halogens is 3. The van der Waals surface area contributed by atoms with Gasteiger partial charge in [-0.1, -0.05) is 12.1 Å². The second-order valence-electron chi connectivity index (χ2n) is 12.0. The Morgan fingerprint density at radius 3 is 2.34 bits per heavy atom. The fourth-order valence-corrected chi connectivity index (χ4v) is 7.11. The van der Waals surface area contributed by atoms with E-state index in [0.717, 1.165) is 0 Å². The molecule has 5 rings (SSSR count). The number of nitrogens with two attached hydrogens (primary N) is 1.